The molecular weight excluding hydrogens is 196 g/mol. The van der Waals surface area contributed by atoms with Crippen LogP contribution in [0.3, 0.4) is 0 Å². The normalized spacial score (nSPS) is 14.6. The molecule has 0 fully saturated rings. The molecule has 0 bridgehead atoms. The summed E-state index contributed by atoms with van der Waals surface area (Å²) < 4.78 is 5.64. The number of hydrogen-bond acceptors (Lipinski definition) is 1. The summed E-state index contributed by atoms with van der Waals surface area (Å²) >= 11 is 6.18. The maximum atomic E-state index is 6.18. The minimum Gasteiger partial charge on any atom is -0.491 e. The van der Waals surface area contributed by atoms with Crippen LogP contribution in [0, 0.1) is 0 Å². The number of halogens is 1. The van der Waals surface area contributed by atoms with Gasteiger partial charge >= 0.3 is 0 Å². The molecule has 2 heteroatoms. The SMILES string of the molecule is CC(C)Oc1cc(Cl)c2c(c1)CCC2. The molecule has 14 heavy (non-hydrogen) atoms. The highest BCUT2D eigenvalue weighted by atomic mass is 35.5. The Kier molecular flexibility index (Phi) is 2.69. The van der Waals surface area contributed by atoms with E-state index in [1.54, 1.807) is 0 Å². The van der Waals surface area contributed by atoms with E-state index in [9.17, 15) is 0 Å². The van der Waals surface area contributed by atoms with E-state index in [2.05, 4.69) is 6.07 Å². The Morgan fingerprint density at radius 2 is 2.07 bits per heavy atom. The van der Waals surface area contributed by atoms with Gasteiger partial charge in [-0.3, -0.25) is 0 Å². The van der Waals surface area contributed by atoms with E-state index in [1.165, 1.54) is 17.5 Å². The Labute approximate surface area is 90.0 Å². The number of ether oxygens (including phenoxy) is 1. The molecule has 0 saturated heterocycles. The molecular formula is C12H15ClO. The fraction of sp³-hybridized carbons (Fsp3) is 0.500. The van der Waals surface area contributed by atoms with Gasteiger partial charge in [0.25, 0.3) is 0 Å². The molecule has 0 aliphatic heterocycles. The van der Waals surface area contributed by atoms with Crippen molar-refractivity contribution in [1.29, 1.82) is 0 Å². The molecule has 0 amide bonds. The molecule has 0 N–H and O–H groups in total. The monoisotopic (exact) mass is 210 g/mol. The number of hydrogen-bond donors (Lipinski definition) is 0. The van der Waals surface area contributed by atoms with Crippen LogP contribution < -0.4 is 4.74 Å². The Bertz CT molecular complexity index is 344. The van der Waals surface area contributed by atoms with E-state index in [0.717, 1.165) is 23.6 Å². The van der Waals surface area contributed by atoms with Crippen molar-refractivity contribution in [2.45, 2.75) is 39.2 Å². The molecule has 0 saturated carbocycles. The predicted molar refractivity (Wildman–Crippen MR) is 59.2 cm³/mol. The summed E-state index contributed by atoms with van der Waals surface area (Å²) in [6, 6.07) is 4.07. The number of aryl methyl sites for hydroxylation is 1. The van der Waals surface area contributed by atoms with E-state index in [0.29, 0.717) is 0 Å². The topological polar surface area (TPSA) is 9.23 Å². The minimum atomic E-state index is 0.213. The van der Waals surface area contributed by atoms with Gasteiger partial charge < -0.3 is 4.74 Å². The van der Waals surface area contributed by atoms with Crippen LogP contribution in [0.1, 0.15) is 31.4 Å². The van der Waals surface area contributed by atoms with Crippen molar-refractivity contribution in [3.8, 4) is 5.75 Å². The first kappa shape index (κ1) is 9.85. The Morgan fingerprint density at radius 3 is 2.79 bits per heavy atom. The van der Waals surface area contributed by atoms with Crippen molar-refractivity contribution in [2.24, 2.45) is 0 Å². The largest absolute Gasteiger partial charge is 0.491 e. The molecule has 0 radical (unpaired) electrons. The summed E-state index contributed by atoms with van der Waals surface area (Å²) in [6.45, 7) is 4.06. The average Bonchev–Trinajstić information content (AvgIpc) is 2.50. The second kappa shape index (κ2) is 3.82. The van der Waals surface area contributed by atoms with Crippen LogP contribution in [0.15, 0.2) is 12.1 Å². The second-order valence-electron chi connectivity index (χ2n) is 4.06. The first-order valence-electron chi connectivity index (χ1n) is 5.15. The lowest BCUT2D eigenvalue weighted by atomic mass is 10.1. The summed E-state index contributed by atoms with van der Waals surface area (Å²) in [4.78, 5) is 0. The fourth-order valence-corrected chi connectivity index (χ4v) is 2.29. The van der Waals surface area contributed by atoms with Crippen LogP contribution in [0.5, 0.6) is 5.75 Å². The van der Waals surface area contributed by atoms with Crippen molar-refractivity contribution < 1.29 is 4.74 Å². The van der Waals surface area contributed by atoms with Crippen LogP contribution in [0.2, 0.25) is 5.02 Å². The molecule has 1 aliphatic carbocycles. The third-order valence-corrected chi connectivity index (χ3v) is 2.84. The molecule has 0 aromatic heterocycles. The van der Waals surface area contributed by atoms with Crippen molar-refractivity contribution >= 4 is 11.6 Å². The second-order valence-corrected chi connectivity index (χ2v) is 4.47. The van der Waals surface area contributed by atoms with Crippen LogP contribution in [0.25, 0.3) is 0 Å². The van der Waals surface area contributed by atoms with Gasteiger partial charge in [0.05, 0.1) is 6.10 Å². The van der Waals surface area contributed by atoms with Gasteiger partial charge in [0.15, 0.2) is 0 Å². The highest BCUT2D eigenvalue weighted by Gasteiger charge is 2.15. The fourth-order valence-electron chi connectivity index (χ4n) is 1.96. The third-order valence-electron chi connectivity index (χ3n) is 2.51. The maximum absolute atomic E-state index is 6.18. The molecule has 0 heterocycles. The van der Waals surface area contributed by atoms with Crippen LogP contribution in [-0.4, -0.2) is 6.10 Å². The highest BCUT2D eigenvalue weighted by Crippen LogP contribution is 2.33. The first-order valence-corrected chi connectivity index (χ1v) is 5.52. The van der Waals surface area contributed by atoms with Gasteiger partial charge in [0, 0.05) is 5.02 Å². The van der Waals surface area contributed by atoms with Crippen molar-refractivity contribution in [2.75, 3.05) is 0 Å². The van der Waals surface area contributed by atoms with Crippen molar-refractivity contribution in [1.82, 2.24) is 0 Å². The quantitative estimate of drug-likeness (QED) is 0.725. The van der Waals surface area contributed by atoms with Crippen LogP contribution in [-0.2, 0) is 12.8 Å². The molecule has 1 nitrogen and oxygen atoms in total. The van der Waals surface area contributed by atoms with Crippen molar-refractivity contribution in [3.63, 3.8) is 0 Å². The molecule has 0 unspecified atom stereocenters. The van der Waals surface area contributed by atoms with Gasteiger partial charge in [-0.25, -0.2) is 0 Å². The zero-order chi connectivity index (χ0) is 10.1. The van der Waals surface area contributed by atoms with Gasteiger partial charge in [-0.15, -0.1) is 0 Å². The number of benzene rings is 1. The lowest BCUT2D eigenvalue weighted by molar-refractivity contribution is 0.242. The Balaban J connectivity index is 2.32. The van der Waals surface area contributed by atoms with Crippen LogP contribution in [0.4, 0.5) is 0 Å². The lowest BCUT2D eigenvalue weighted by Crippen LogP contribution is -2.05. The summed E-state index contributed by atoms with van der Waals surface area (Å²) in [5, 5.41) is 0.871. The van der Waals surface area contributed by atoms with Gasteiger partial charge in [-0.05, 0) is 56.4 Å². The molecule has 76 valence electrons. The Morgan fingerprint density at radius 1 is 1.29 bits per heavy atom. The number of fused-ring (bicyclic) bond motifs is 1. The van der Waals surface area contributed by atoms with E-state index in [4.69, 9.17) is 16.3 Å². The predicted octanol–water partition coefficient (Wildman–Crippen LogP) is 3.62. The minimum absolute atomic E-state index is 0.213. The maximum Gasteiger partial charge on any atom is 0.121 e. The standard InChI is InChI=1S/C12H15ClO/c1-8(2)14-10-6-9-4-3-5-11(9)12(13)7-10/h6-8H,3-5H2,1-2H3. The number of rotatable bonds is 2. The van der Waals surface area contributed by atoms with Gasteiger partial charge in [-0.2, -0.15) is 0 Å². The molecule has 0 atom stereocenters. The van der Waals surface area contributed by atoms with Gasteiger partial charge in [0.1, 0.15) is 5.75 Å². The van der Waals surface area contributed by atoms with Crippen molar-refractivity contribution in [3.05, 3.63) is 28.3 Å². The van der Waals surface area contributed by atoms with Crippen LogP contribution >= 0.6 is 11.6 Å². The van der Waals surface area contributed by atoms with E-state index < -0.39 is 0 Å². The van der Waals surface area contributed by atoms with E-state index in [1.807, 2.05) is 19.9 Å². The highest BCUT2D eigenvalue weighted by molar-refractivity contribution is 6.31. The summed E-state index contributed by atoms with van der Waals surface area (Å²) in [7, 11) is 0. The smallest absolute Gasteiger partial charge is 0.121 e. The molecule has 0 spiro atoms. The molecule has 2 rings (SSSR count). The lowest BCUT2D eigenvalue weighted by Gasteiger charge is -2.12. The first-order chi connectivity index (χ1) is 6.66. The zero-order valence-electron chi connectivity index (χ0n) is 8.64. The summed E-state index contributed by atoms with van der Waals surface area (Å²) in [6.07, 6.45) is 3.70. The summed E-state index contributed by atoms with van der Waals surface area (Å²) in [5.74, 6) is 0.908. The Hall–Kier alpha value is -0.690. The van der Waals surface area contributed by atoms with E-state index in [-0.39, 0.29) is 6.10 Å². The van der Waals surface area contributed by atoms with Gasteiger partial charge in [-0.1, -0.05) is 11.6 Å². The molecule has 1 aromatic carbocycles. The third kappa shape index (κ3) is 1.88. The molecule has 1 aromatic rings. The van der Waals surface area contributed by atoms with Gasteiger partial charge in [0.2, 0.25) is 0 Å². The molecule has 1 aliphatic rings. The summed E-state index contributed by atoms with van der Waals surface area (Å²) in [5.41, 5.74) is 2.69. The average molecular weight is 211 g/mol. The van der Waals surface area contributed by atoms with E-state index >= 15 is 0 Å². The zero-order valence-corrected chi connectivity index (χ0v) is 9.40.